The lowest BCUT2D eigenvalue weighted by Gasteiger charge is -2.29. The average Bonchev–Trinajstić information content (AvgIpc) is 2.17. The molecule has 80 valence electrons. The first-order valence-corrected chi connectivity index (χ1v) is 5.96. The van der Waals surface area contributed by atoms with Gasteiger partial charge in [-0.3, -0.25) is 4.90 Å². The van der Waals surface area contributed by atoms with Crippen molar-refractivity contribution in [1.82, 2.24) is 4.90 Å². The summed E-state index contributed by atoms with van der Waals surface area (Å²) in [6.07, 6.45) is 0.682. The fourth-order valence-electron chi connectivity index (χ4n) is 1.54. The second-order valence-corrected chi connectivity index (χ2v) is 4.36. The van der Waals surface area contributed by atoms with Crippen molar-refractivity contribution in [3.05, 3.63) is 10.6 Å². The lowest BCUT2D eigenvalue weighted by molar-refractivity contribution is 0.119. The monoisotopic (exact) mass is 215 g/mol. The number of carbonyl (C=O) groups is 1. The van der Waals surface area contributed by atoms with Crippen LogP contribution in [0.2, 0.25) is 0 Å². The van der Waals surface area contributed by atoms with Gasteiger partial charge in [-0.05, 0) is 20.3 Å². The van der Waals surface area contributed by atoms with Crippen molar-refractivity contribution in [3.63, 3.8) is 0 Å². The van der Waals surface area contributed by atoms with Gasteiger partial charge in [-0.15, -0.1) is 11.8 Å². The third-order valence-electron chi connectivity index (χ3n) is 2.19. The fraction of sp³-hybridized carbons (Fsp3) is 0.700. The van der Waals surface area contributed by atoms with Gasteiger partial charge in [0.15, 0.2) is 0 Å². The molecule has 1 aliphatic rings. The zero-order valence-electron chi connectivity index (χ0n) is 9.00. The van der Waals surface area contributed by atoms with Crippen LogP contribution in [0.15, 0.2) is 10.6 Å². The van der Waals surface area contributed by atoms with Crippen LogP contribution >= 0.6 is 11.8 Å². The summed E-state index contributed by atoms with van der Waals surface area (Å²) in [6.45, 7) is 7.17. The molecule has 3 nitrogen and oxygen atoms in total. The van der Waals surface area contributed by atoms with E-state index in [1.807, 2.05) is 18.7 Å². The quantitative estimate of drug-likeness (QED) is 0.709. The number of ether oxygens (including phenoxy) is 1. The first-order valence-electron chi connectivity index (χ1n) is 4.97. The Kier molecular flexibility index (Phi) is 4.32. The lowest BCUT2D eigenvalue weighted by Crippen LogP contribution is -2.35. The summed E-state index contributed by atoms with van der Waals surface area (Å²) in [5.41, 5.74) is 1.11. The number of amides is 1. The summed E-state index contributed by atoms with van der Waals surface area (Å²) in [4.78, 5) is 14.6. The summed E-state index contributed by atoms with van der Waals surface area (Å²) in [7, 11) is 0. The highest BCUT2D eigenvalue weighted by molar-refractivity contribution is 8.03. The molecule has 0 aromatic carbocycles. The molecular formula is C10H17NO2S. The normalized spacial score (nSPS) is 17.2. The van der Waals surface area contributed by atoms with Gasteiger partial charge in [-0.2, -0.15) is 0 Å². The van der Waals surface area contributed by atoms with Crippen LogP contribution in [0.25, 0.3) is 0 Å². The van der Waals surface area contributed by atoms with Crippen LogP contribution in [0.3, 0.4) is 0 Å². The van der Waals surface area contributed by atoms with Crippen LogP contribution in [-0.2, 0) is 4.74 Å². The Balaban J connectivity index is 2.76. The maximum atomic E-state index is 11.6. The average molecular weight is 215 g/mol. The van der Waals surface area contributed by atoms with E-state index in [9.17, 15) is 4.79 Å². The minimum atomic E-state index is -0.205. The summed E-state index contributed by atoms with van der Waals surface area (Å²) < 4.78 is 5.01. The third-order valence-corrected chi connectivity index (χ3v) is 3.24. The molecule has 0 fully saturated rings. The van der Waals surface area contributed by atoms with Crippen molar-refractivity contribution in [1.29, 1.82) is 0 Å². The first kappa shape index (κ1) is 11.4. The molecule has 0 saturated carbocycles. The number of carbonyl (C=O) groups excluding carboxylic acids is 1. The van der Waals surface area contributed by atoms with Crippen molar-refractivity contribution < 1.29 is 9.53 Å². The highest BCUT2D eigenvalue weighted by Crippen LogP contribution is 2.29. The van der Waals surface area contributed by atoms with E-state index >= 15 is 0 Å². The summed E-state index contributed by atoms with van der Waals surface area (Å²) >= 11 is 1.82. The molecule has 0 aromatic rings. The molecule has 0 saturated heterocycles. The molecule has 1 rings (SSSR count). The Morgan fingerprint density at radius 1 is 1.57 bits per heavy atom. The molecule has 0 aromatic heterocycles. The van der Waals surface area contributed by atoms with E-state index in [0.29, 0.717) is 6.61 Å². The third kappa shape index (κ3) is 2.44. The largest absolute Gasteiger partial charge is 0.449 e. The molecule has 1 amide bonds. The lowest BCUT2D eigenvalue weighted by atomic mass is 10.3. The molecule has 14 heavy (non-hydrogen) atoms. The van der Waals surface area contributed by atoms with Gasteiger partial charge in [0.25, 0.3) is 0 Å². The maximum absolute atomic E-state index is 11.6. The fourth-order valence-corrected chi connectivity index (χ4v) is 2.54. The minimum Gasteiger partial charge on any atom is -0.449 e. The van der Waals surface area contributed by atoms with Crippen LogP contribution in [0.4, 0.5) is 4.79 Å². The number of allylic oxidation sites excluding steroid dienone is 2. The van der Waals surface area contributed by atoms with Crippen LogP contribution in [-0.4, -0.2) is 29.9 Å². The van der Waals surface area contributed by atoms with E-state index in [1.165, 1.54) is 4.91 Å². The molecule has 1 aliphatic heterocycles. The minimum absolute atomic E-state index is 0.205. The van der Waals surface area contributed by atoms with Crippen LogP contribution < -0.4 is 0 Å². The van der Waals surface area contributed by atoms with Crippen molar-refractivity contribution in [3.8, 4) is 0 Å². The standard InChI is InChI=1S/C10H17NO2S/c1-4-9-8(3)14-7-6-11(9)10(12)13-5-2/h4-7H2,1-3H3. The van der Waals surface area contributed by atoms with Gasteiger partial charge >= 0.3 is 6.09 Å². The molecule has 0 N–H and O–H groups in total. The predicted molar refractivity (Wildman–Crippen MR) is 59.2 cm³/mol. The van der Waals surface area contributed by atoms with E-state index in [0.717, 1.165) is 24.4 Å². The Morgan fingerprint density at radius 2 is 2.29 bits per heavy atom. The SMILES string of the molecule is CCOC(=O)N1CCSC(C)=C1CC. The van der Waals surface area contributed by atoms with Crippen LogP contribution in [0.5, 0.6) is 0 Å². The second kappa shape index (κ2) is 5.29. The number of nitrogens with zero attached hydrogens (tertiary/aromatic N) is 1. The molecular weight excluding hydrogens is 198 g/mol. The molecule has 0 aliphatic carbocycles. The molecule has 1 heterocycles. The van der Waals surface area contributed by atoms with E-state index in [4.69, 9.17) is 4.74 Å². The summed E-state index contributed by atoms with van der Waals surface area (Å²) in [6, 6.07) is 0. The van der Waals surface area contributed by atoms with Gasteiger partial charge in [0, 0.05) is 22.9 Å². The van der Waals surface area contributed by atoms with Gasteiger partial charge in [-0.1, -0.05) is 6.92 Å². The van der Waals surface area contributed by atoms with Gasteiger partial charge in [-0.25, -0.2) is 4.79 Å². The topological polar surface area (TPSA) is 29.5 Å². The Labute approximate surface area is 89.5 Å². The molecule has 4 heteroatoms. The Bertz CT molecular complexity index is 251. The summed E-state index contributed by atoms with van der Waals surface area (Å²) in [5.74, 6) is 0.966. The Hall–Kier alpha value is -0.640. The molecule has 0 atom stereocenters. The zero-order chi connectivity index (χ0) is 10.6. The summed E-state index contributed by atoms with van der Waals surface area (Å²) in [5, 5.41) is 0. The number of thioether (sulfide) groups is 1. The number of hydrogen-bond acceptors (Lipinski definition) is 3. The van der Waals surface area contributed by atoms with Crippen LogP contribution in [0, 0.1) is 0 Å². The van der Waals surface area contributed by atoms with E-state index in [-0.39, 0.29) is 6.09 Å². The molecule has 0 bridgehead atoms. The van der Waals surface area contributed by atoms with Crippen molar-refractivity contribution in [2.45, 2.75) is 27.2 Å². The Morgan fingerprint density at radius 3 is 2.86 bits per heavy atom. The van der Waals surface area contributed by atoms with Gasteiger partial charge < -0.3 is 4.74 Å². The number of hydrogen-bond donors (Lipinski definition) is 0. The van der Waals surface area contributed by atoms with Gasteiger partial charge in [0.1, 0.15) is 0 Å². The maximum Gasteiger partial charge on any atom is 0.414 e. The smallest absolute Gasteiger partial charge is 0.414 e. The van der Waals surface area contributed by atoms with E-state index < -0.39 is 0 Å². The van der Waals surface area contributed by atoms with Gasteiger partial charge in [0.2, 0.25) is 0 Å². The molecule has 0 unspecified atom stereocenters. The molecule has 0 radical (unpaired) electrons. The highest BCUT2D eigenvalue weighted by atomic mass is 32.2. The second-order valence-electron chi connectivity index (χ2n) is 3.06. The van der Waals surface area contributed by atoms with Crippen molar-refractivity contribution >= 4 is 17.9 Å². The zero-order valence-corrected chi connectivity index (χ0v) is 9.82. The number of rotatable bonds is 2. The van der Waals surface area contributed by atoms with E-state index in [1.54, 1.807) is 4.90 Å². The van der Waals surface area contributed by atoms with Crippen molar-refractivity contribution in [2.75, 3.05) is 18.9 Å². The van der Waals surface area contributed by atoms with Crippen molar-refractivity contribution in [2.24, 2.45) is 0 Å². The first-order chi connectivity index (χ1) is 6.70. The molecule has 0 spiro atoms. The van der Waals surface area contributed by atoms with Crippen LogP contribution in [0.1, 0.15) is 27.2 Å². The van der Waals surface area contributed by atoms with E-state index in [2.05, 4.69) is 13.8 Å². The highest BCUT2D eigenvalue weighted by Gasteiger charge is 2.23. The predicted octanol–water partition coefficient (Wildman–Crippen LogP) is 2.83. The van der Waals surface area contributed by atoms with Gasteiger partial charge in [0.05, 0.1) is 6.61 Å².